The molecule has 21 heavy (non-hydrogen) atoms. The molecule has 0 spiro atoms. The maximum atomic E-state index is 12.5. The Kier molecular flexibility index (Phi) is 4.59. The van der Waals surface area contributed by atoms with Gasteiger partial charge in [-0.15, -0.1) is 0 Å². The Labute approximate surface area is 127 Å². The van der Waals surface area contributed by atoms with Gasteiger partial charge in [0.2, 0.25) is 0 Å². The average molecular weight is 286 g/mol. The Morgan fingerprint density at radius 2 is 2.00 bits per heavy atom. The van der Waals surface area contributed by atoms with Crippen LogP contribution in [0.5, 0.6) is 0 Å². The predicted octanol–water partition coefficient (Wildman–Crippen LogP) is 2.64. The number of carbonyl (C=O) groups excluding carboxylic acids is 1. The fourth-order valence-corrected chi connectivity index (χ4v) is 3.57. The van der Waals surface area contributed by atoms with E-state index in [-0.39, 0.29) is 5.91 Å². The van der Waals surface area contributed by atoms with E-state index in [0.29, 0.717) is 0 Å². The monoisotopic (exact) mass is 286 g/mol. The number of nitrogens with one attached hydrogen (secondary N) is 1. The zero-order valence-corrected chi connectivity index (χ0v) is 13.0. The van der Waals surface area contributed by atoms with E-state index < -0.39 is 0 Å². The second-order valence-corrected chi connectivity index (χ2v) is 6.55. The van der Waals surface area contributed by atoms with Gasteiger partial charge in [-0.1, -0.05) is 6.07 Å². The molecule has 0 atom stereocenters. The zero-order chi connectivity index (χ0) is 14.7. The van der Waals surface area contributed by atoms with Crippen molar-refractivity contribution in [1.29, 1.82) is 0 Å². The molecule has 1 fully saturated rings. The van der Waals surface area contributed by atoms with E-state index in [4.69, 9.17) is 0 Å². The van der Waals surface area contributed by atoms with Crippen LogP contribution in [0.3, 0.4) is 0 Å². The van der Waals surface area contributed by atoms with E-state index in [1.807, 2.05) is 18.0 Å². The number of amides is 1. The lowest BCUT2D eigenvalue weighted by molar-refractivity contribution is 0.0784. The number of piperidine rings is 1. The minimum atomic E-state index is 0.179. The van der Waals surface area contributed by atoms with Crippen LogP contribution >= 0.6 is 0 Å². The highest BCUT2D eigenvalue weighted by atomic mass is 16.2. The van der Waals surface area contributed by atoms with Crippen LogP contribution in [-0.2, 0) is 12.8 Å². The summed E-state index contributed by atoms with van der Waals surface area (Å²) in [5.74, 6) is 0.958. The van der Waals surface area contributed by atoms with Gasteiger partial charge in [0.1, 0.15) is 0 Å². The van der Waals surface area contributed by atoms with Gasteiger partial charge in [0.25, 0.3) is 5.91 Å². The molecular weight excluding hydrogens is 260 g/mol. The minimum Gasteiger partial charge on any atom is -0.342 e. The lowest BCUT2D eigenvalue weighted by Gasteiger charge is -2.25. The predicted molar refractivity (Wildman–Crippen MR) is 85.6 cm³/mol. The first-order valence-electron chi connectivity index (χ1n) is 8.32. The minimum absolute atomic E-state index is 0.179. The van der Waals surface area contributed by atoms with Gasteiger partial charge in [-0.2, -0.15) is 0 Å². The number of aryl methyl sites for hydroxylation is 2. The van der Waals surface area contributed by atoms with Crippen LogP contribution in [0.4, 0.5) is 0 Å². The van der Waals surface area contributed by atoms with Crippen molar-refractivity contribution in [3.05, 3.63) is 34.9 Å². The molecule has 0 bridgehead atoms. The molecule has 1 aliphatic heterocycles. The van der Waals surface area contributed by atoms with E-state index >= 15 is 0 Å². The smallest absolute Gasteiger partial charge is 0.253 e. The summed E-state index contributed by atoms with van der Waals surface area (Å²) in [5, 5.41) is 3.39. The van der Waals surface area contributed by atoms with Crippen molar-refractivity contribution in [2.45, 2.75) is 38.5 Å². The molecule has 1 aromatic rings. The summed E-state index contributed by atoms with van der Waals surface area (Å²) < 4.78 is 0. The van der Waals surface area contributed by atoms with Crippen molar-refractivity contribution in [2.24, 2.45) is 5.92 Å². The Hall–Kier alpha value is -1.35. The molecule has 1 amide bonds. The maximum absolute atomic E-state index is 12.5. The highest BCUT2D eigenvalue weighted by molar-refractivity contribution is 5.94. The maximum Gasteiger partial charge on any atom is 0.253 e. The zero-order valence-electron chi connectivity index (χ0n) is 13.0. The Balaban J connectivity index is 1.56. The molecule has 3 rings (SSSR count). The van der Waals surface area contributed by atoms with Gasteiger partial charge in [-0.05, 0) is 80.8 Å². The van der Waals surface area contributed by atoms with Crippen molar-refractivity contribution < 1.29 is 4.79 Å². The van der Waals surface area contributed by atoms with Crippen molar-refractivity contribution in [1.82, 2.24) is 10.2 Å². The van der Waals surface area contributed by atoms with Crippen LogP contribution in [0, 0.1) is 5.92 Å². The third kappa shape index (κ3) is 3.46. The number of hydrogen-bond acceptors (Lipinski definition) is 2. The molecule has 0 saturated carbocycles. The van der Waals surface area contributed by atoms with E-state index in [2.05, 4.69) is 17.4 Å². The molecule has 0 aromatic heterocycles. The largest absolute Gasteiger partial charge is 0.342 e. The lowest BCUT2D eigenvalue weighted by Crippen LogP contribution is -2.32. The Morgan fingerprint density at radius 1 is 1.24 bits per heavy atom. The highest BCUT2D eigenvalue weighted by Gasteiger charge is 2.18. The normalized spacial score (nSPS) is 18.5. The summed E-state index contributed by atoms with van der Waals surface area (Å²) in [7, 11) is 1.94. The molecular formula is C18H26N2O. The van der Waals surface area contributed by atoms with Gasteiger partial charge in [0.15, 0.2) is 0 Å². The number of hydrogen-bond donors (Lipinski definition) is 1. The first-order chi connectivity index (χ1) is 10.2. The third-order valence-electron chi connectivity index (χ3n) is 5.02. The fraction of sp³-hybridized carbons (Fsp3) is 0.611. The van der Waals surface area contributed by atoms with E-state index in [0.717, 1.165) is 44.0 Å². The van der Waals surface area contributed by atoms with Gasteiger partial charge in [-0.3, -0.25) is 4.79 Å². The van der Waals surface area contributed by atoms with Crippen LogP contribution in [0.25, 0.3) is 0 Å². The van der Waals surface area contributed by atoms with Crippen molar-refractivity contribution in [2.75, 3.05) is 26.7 Å². The first-order valence-corrected chi connectivity index (χ1v) is 8.32. The van der Waals surface area contributed by atoms with Gasteiger partial charge >= 0.3 is 0 Å². The quantitative estimate of drug-likeness (QED) is 0.923. The van der Waals surface area contributed by atoms with Crippen LogP contribution in [-0.4, -0.2) is 37.5 Å². The number of rotatable bonds is 4. The summed E-state index contributed by atoms with van der Waals surface area (Å²) in [4.78, 5) is 14.4. The molecule has 1 heterocycles. The molecule has 2 aliphatic rings. The summed E-state index contributed by atoms with van der Waals surface area (Å²) in [6.07, 6.45) is 7.18. The number of fused-ring (bicyclic) bond motifs is 1. The van der Waals surface area contributed by atoms with Crippen molar-refractivity contribution >= 4 is 5.91 Å². The van der Waals surface area contributed by atoms with Crippen LogP contribution in [0.15, 0.2) is 18.2 Å². The molecule has 1 aromatic carbocycles. The number of nitrogens with zero attached hydrogens (tertiary/aromatic N) is 1. The lowest BCUT2D eigenvalue weighted by atomic mass is 9.94. The molecule has 1 N–H and O–H groups in total. The summed E-state index contributed by atoms with van der Waals surface area (Å²) in [6, 6.07) is 6.27. The van der Waals surface area contributed by atoms with E-state index in [1.54, 1.807) is 0 Å². The Morgan fingerprint density at radius 3 is 2.81 bits per heavy atom. The molecule has 3 nitrogen and oxygen atoms in total. The van der Waals surface area contributed by atoms with Crippen molar-refractivity contribution in [3.63, 3.8) is 0 Å². The molecule has 0 radical (unpaired) electrons. The fourth-order valence-electron chi connectivity index (χ4n) is 3.57. The van der Waals surface area contributed by atoms with Crippen molar-refractivity contribution in [3.8, 4) is 0 Å². The van der Waals surface area contributed by atoms with E-state index in [9.17, 15) is 4.79 Å². The number of benzene rings is 1. The Bertz CT molecular complexity index is 506. The van der Waals surface area contributed by atoms with Crippen LogP contribution < -0.4 is 5.32 Å². The molecule has 0 unspecified atom stereocenters. The third-order valence-corrected chi connectivity index (χ3v) is 5.02. The molecule has 1 aliphatic carbocycles. The van der Waals surface area contributed by atoms with E-state index in [1.165, 1.54) is 36.8 Å². The standard InChI is InChI=1S/C18H26N2O/c1-20(12-9-14-7-10-19-11-8-14)18(21)17-6-5-15-3-2-4-16(15)13-17/h5-6,13-14,19H,2-4,7-12H2,1H3. The van der Waals surface area contributed by atoms with Gasteiger partial charge in [0.05, 0.1) is 0 Å². The van der Waals surface area contributed by atoms with Gasteiger partial charge in [0, 0.05) is 19.2 Å². The molecule has 3 heteroatoms. The second-order valence-electron chi connectivity index (χ2n) is 6.55. The highest BCUT2D eigenvalue weighted by Crippen LogP contribution is 2.23. The summed E-state index contributed by atoms with van der Waals surface area (Å²) in [5.41, 5.74) is 3.68. The first kappa shape index (κ1) is 14.6. The van der Waals surface area contributed by atoms with Gasteiger partial charge < -0.3 is 10.2 Å². The average Bonchev–Trinajstić information content (AvgIpc) is 3.00. The second kappa shape index (κ2) is 6.61. The molecule has 114 valence electrons. The summed E-state index contributed by atoms with van der Waals surface area (Å²) in [6.45, 7) is 3.14. The SMILES string of the molecule is CN(CCC1CCNCC1)C(=O)c1ccc2c(c1)CCC2. The summed E-state index contributed by atoms with van der Waals surface area (Å²) >= 11 is 0. The topological polar surface area (TPSA) is 32.3 Å². The molecule has 1 saturated heterocycles. The van der Waals surface area contributed by atoms with Crippen LogP contribution in [0.1, 0.15) is 47.2 Å². The van der Waals surface area contributed by atoms with Gasteiger partial charge in [-0.25, -0.2) is 0 Å². The number of carbonyl (C=O) groups is 1. The van der Waals surface area contributed by atoms with Crippen LogP contribution in [0.2, 0.25) is 0 Å².